The van der Waals surface area contributed by atoms with E-state index in [4.69, 9.17) is 0 Å². The molecular formula is C16H30N4. The minimum atomic E-state index is 0.651. The molecule has 2 heterocycles. The second kappa shape index (κ2) is 8.42. The van der Waals surface area contributed by atoms with Crippen molar-refractivity contribution in [2.24, 2.45) is 5.92 Å². The number of imidazole rings is 1. The first kappa shape index (κ1) is 15.5. The van der Waals surface area contributed by atoms with Crippen LogP contribution in [0.15, 0.2) is 18.7 Å². The van der Waals surface area contributed by atoms with Crippen molar-refractivity contribution in [1.29, 1.82) is 0 Å². The van der Waals surface area contributed by atoms with Gasteiger partial charge >= 0.3 is 0 Å². The van der Waals surface area contributed by atoms with Gasteiger partial charge in [0.2, 0.25) is 0 Å². The minimum absolute atomic E-state index is 0.651. The van der Waals surface area contributed by atoms with Crippen LogP contribution in [0.4, 0.5) is 0 Å². The molecule has 4 nitrogen and oxygen atoms in total. The molecule has 1 N–H and O–H groups in total. The third-order valence-electron chi connectivity index (χ3n) is 4.56. The molecule has 0 spiro atoms. The predicted octanol–water partition coefficient (Wildman–Crippen LogP) is 2.37. The molecule has 1 aliphatic rings. The Kier molecular flexibility index (Phi) is 6.54. The lowest BCUT2D eigenvalue weighted by Crippen LogP contribution is -2.44. The summed E-state index contributed by atoms with van der Waals surface area (Å²) in [5, 5.41) is 3.73. The van der Waals surface area contributed by atoms with Gasteiger partial charge in [0.15, 0.2) is 0 Å². The van der Waals surface area contributed by atoms with Gasteiger partial charge in [0, 0.05) is 31.5 Å². The highest BCUT2D eigenvalue weighted by Crippen LogP contribution is 2.19. The van der Waals surface area contributed by atoms with Gasteiger partial charge in [-0.2, -0.15) is 0 Å². The summed E-state index contributed by atoms with van der Waals surface area (Å²) < 4.78 is 2.16. The summed E-state index contributed by atoms with van der Waals surface area (Å²) in [4.78, 5) is 6.66. The van der Waals surface area contributed by atoms with Gasteiger partial charge in [0.05, 0.1) is 6.33 Å². The molecule has 1 aromatic heterocycles. The van der Waals surface area contributed by atoms with Crippen LogP contribution in [-0.4, -0.2) is 46.7 Å². The van der Waals surface area contributed by atoms with Crippen LogP contribution in [0, 0.1) is 5.92 Å². The molecular weight excluding hydrogens is 248 g/mol. The van der Waals surface area contributed by atoms with Crippen LogP contribution in [0.2, 0.25) is 0 Å². The normalized spacial score (nSPS) is 22.0. The Labute approximate surface area is 123 Å². The second-order valence-corrected chi connectivity index (χ2v) is 6.05. The van der Waals surface area contributed by atoms with E-state index in [2.05, 4.69) is 33.6 Å². The molecule has 0 aliphatic carbocycles. The first-order chi connectivity index (χ1) is 9.79. The molecule has 1 aromatic rings. The quantitative estimate of drug-likeness (QED) is 0.741. The molecule has 114 valence electrons. The highest BCUT2D eigenvalue weighted by atomic mass is 15.1. The Hall–Kier alpha value is -0.870. The highest BCUT2D eigenvalue weighted by Gasteiger charge is 2.23. The van der Waals surface area contributed by atoms with Crippen molar-refractivity contribution >= 4 is 0 Å². The lowest BCUT2D eigenvalue weighted by Gasteiger charge is -2.35. The maximum absolute atomic E-state index is 4.07. The topological polar surface area (TPSA) is 33.1 Å². The first-order valence-corrected chi connectivity index (χ1v) is 8.21. The zero-order valence-electron chi connectivity index (χ0n) is 13.1. The zero-order chi connectivity index (χ0) is 14.2. The number of unbranched alkanes of at least 4 members (excludes halogenated alkanes) is 1. The summed E-state index contributed by atoms with van der Waals surface area (Å²) >= 11 is 0. The third kappa shape index (κ3) is 4.91. The summed E-state index contributed by atoms with van der Waals surface area (Å²) in [5.41, 5.74) is 0. The summed E-state index contributed by atoms with van der Waals surface area (Å²) in [6.07, 6.45) is 11.0. The van der Waals surface area contributed by atoms with Gasteiger partial charge in [-0.05, 0) is 58.2 Å². The number of likely N-dealkylation sites (tertiary alicyclic amines) is 1. The van der Waals surface area contributed by atoms with Crippen LogP contribution in [0.5, 0.6) is 0 Å². The third-order valence-corrected chi connectivity index (χ3v) is 4.56. The molecule has 2 unspecified atom stereocenters. The maximum atomic E-state index is 4.07. The lowest BCUT2D eigenvalue weighted by atomic mass is 9.91. The first-order valence-electron chi connectivity index (χ1n) is 8.21. The highest BCUT2D eigenvalue weighted by molar-refractivity contribution is 4.80. The number of aromatic nitrogens is 2. The van der Waals surface area contributed by atoms with E-state index in [1.165, 1.54) is 45.3 Å². The fourth-order valence-electron chi connectivity index (χ4n) is 3.12. The molecule has 1 aliphatic heterocycles. The Balaban J connectivity index is 1.56. The van der Waals surface area contributed by atoms with Crippen molar-refractivity contribution in [1.82, 2.24) is 19.8 Å². The Morgan fingerprint density at radius 1 is 1.40 bits per heavy atom. The monoisotopic (exact) mass is 278 g/mol. The molecule has 2 atom stereocenters. The van der Waals surface area contributed by atoms with Gasteiger partial charge in [-0.3, -0.25) is 0 Å². The number of hydrogen-bond donors (Lipinski definition) is 1. The molecule has 1 saturated heterocycles. The summed E-state index contributed by atoms with van der Waals surface area (Å²) in [5.74, 6) is 0.831. The van der Waals surface area contributed by atoms with Crippen molar-refractivity contribution in [3.05, 3.63) is 18.7 Å². The Morgan fingerprint density at radius 3 is 3.05 bits per heavy atom. The van der Waals surface area contributed by atoms with E-state index in [1.807, 2.05) is 18.7 Å². The molecule has 2 rings (SSSR count). The van der Waals surface area contributed by atoms with Gasteiger partial charge in [-0.25, -0.2) is 4.98 Å². The summed E-state index contributed by atoms with van der Waals surface area (Å²) in [6, 6.07) is 0.651. The summed E-state index contributed by atoms with van der Waals surface area (Å²) in [6.45, 7) is 10.6. The van der Waals surface area contributed by atoms with Crippen molar-refractivity contribution in [2.45, 2.75) is 52.1 Å². The number of nitrogens with one attached hydrogen (secondary N) is 1. The zero-order valence-corrected chi connectivity index (χ0v) is 13.1. The van der Waals surface area contributed by atoms with E-state index in [0.717, 1.165) is 19.0 Å². The van der Waals surface area contributed by atoms with E-state index in [9.17, 15) is 0 Å². The van der Waals surface area contributed by atoms with E-state index in [1.54, 1.807) is 0 Å². The minimum Gasteiger partial charge on any atom is -0.337 e. The molecule has 0 aromatic carbocycles. The van der Waals surface area contributed by atoms with Gasteiger partial charge in [0.1, 0.15) is 0 Å². The molecule has 0 bridgehead atoms. The van der Waals surface area contributed by atoms with E-state index in [-0.39, 0.29) is 0 Å². The number of hydrogen-bond acceptors (Lipinski definition) is 3. The van der Waals surface area contributed by atoms with Crippen LogP contribution in [-0.2, 0) is 6.54 Å². The van der Waals surface area contributed by atoms with Crippen LogP contribution in [0.1, 0.15) is 39.5 Å². The van der Waals surface area contributed by atoms with Crippen LogP contribution < -0.4 is 5.32 Å². The molecule has 0 saturated carbocycles. The average Bonchev–Trinajstić information content (AvgIpc) is 3.00. The van der Waals surface area contributed by atoms with Crippen LogP contribution in [0.3, 0.4) is 0 Å². The average molecular weight is 278 g/mol. The van der Waals surface area contributed by atoms with E-state index < -0.39 is 0 Å². The standard InChI is InChI=1S/C16H30N4/c1-3-19-11-6-7-16(13-19)15(2)18-8-4-5-10-20-12-9-17-14-20/h9,12,14-16,18H,3-8,10-11,13H2,1-2H3. The van der Waals surface area contributed by atoms with Crippen molar-refractivity contribution < 1.29 is 0 Å². The number of rotatable bonds is 8. The SMILES string of the molecule is CCN1CCCC(C(C)NCCCCn2ccnc2)C1. The lowest BCUT2D eigenvalue weighted by molar-refractivity contribution is 0.157. The van der Waals surface area contributed by atoms with Gasteiger partial charge < -0.3 is 14.8 Å². The largest absolute Gasteiger partial charge is 0.337 e. The molecule has 20 heavy (non-hydrogen) atoms. The van der Waals surface area contributed by atoms with Crippen molar-refractivity contribution in [2.75, 3.05) is 26.2 Å². The Morgan fingerprint density at radius 2 is 2.30 bits per heavy atom. The Bertz CT molecular complexity index is 349. The van der Waals surface area contributed by atoms with Gasteiger partial charge in [-0.1, -0.05) is 6.92 Å². The fraction of sp³-hybridized carbons (Fsp3) is 0.812. The maximum Gasteiger partial charge on any atom is 0.0945 e. The van der Waals surface area contributed by atoms with E-state index in [0.29, 0.717) is 6.04 Å². The predicted molar refractivity (Wildman–Crippen MR) is 83.8 cm³/mol. The number of aryl methyl sites for hydroxylation is 1. The smallest absolute Gasteiger partial charge is 0.0945 e. The second-order valence-electron chi connectivity index (χ2n) is 6.05. The van der Waals surface area contributed by atoms with Crippen LogP contribution in [0.25, 0.3) is 0 Å². The van der Waals surface area contributed by atoms with Gasteiger partial charge in [-0.15, -0.1) is 0 Å². The fourth-order valence-corrected chi connectivity index (χ4v) is 3.12. The molecule has 0 radical (unpaired) electrons. The molecule has 1 fully saturated rings. The molecule has 0 amide bonds. The molecule has 4 heteroatoms. The van der Waals surface area contributed by atoms with Crippen LogP contribution >= 0.6 is 0 Å². The van der Waals surface area contributed by atoms with Crippen molar-refractivity contribution in [3.63, 3.8) is 0 Å². The van der Waals surface area contributed by atoms with Gasteiger partial charge in [0.25, 0.3) is 0 Å². The number of nitrogens with zero attached hydrogens (tertiary/aromatic N) is 3. The summed E-state index contributed by atoms with van der Waals surface area (Å²) in [7, 11) is 0. The van der Waals surface area contributed by atoms with E-state index >= 15 is 0 Å². The van der Waals surface area contributed by atoms with Crippen molar-refractivity contribution in [3.8, 4) is 0 Å². The number of piperidine rings is 1.